The van der Waals surface area contributed by atoms with Crippen molar-refractivity contribution in [2.75, 3.05) is 0 Å². The summed E-state index contributed by atoms with van der Waals surface area (Å²) in [6.07, 6.45) is 7.56. The van der Waals surface area contributed by atoms with Gasteiger partial charge in [0.15, 0.2) is 0 Å². The van der Waals surface area contributed by atoms with Crippen molar-refractivity contribution < 1.29 is 19.6 Å². The van der Waals surface area contributed by atoms with Crippen LogP contribution in [-0.2, 0) is 19.6 Å². The molecule has 0 saturated carbocycles. The van der Waals surface area contributed by atoms with E-state index in [1.807, 2.05) is 13.0 Å². The Labute approximate surface area is 54.9 Å². The first-order valence-electron chi connectivity index (χ1n) is 2.12. The van der Waals surface area contributed by atoms with Gasteiger partial charge >= 0.3 is 54.5 Å². The van der Waals surface area contributed by atoms with Gasteiger partial charge in [-0.3, -0.25) is 0 Å². The van der Waals surface area contributed by atoms with Crippen LogP contribution in [0, 0.1) is 6.08 Å². The van der Waals surface area contributed by atoms with Gasteiger partial charge in [0.05, 0.1) is 0 Å². The van der Waals surface area contributed by atoms with Crippen LogP contribution in [0.2, 0.25) is 0 Å². The summed E-state index contributed by atoms with van der Waals surface area (Å²) in [5, 5.41) is 0. The number of allylic oxidation sites excluding steroid dienone is 2. The SMILES string of the molecule is CC[C-]=CC=[N+]=[W]. The summed E-state index contributed by atoms with van der Waals surface area (Å²) in [4.78, 5) is 0. The fraction of sp³-hybridized carbons (Fsp3) is 0.400. The van der Waals surface area contributed by atoms with Crippen molar-refractivity contribution >= 4 is 6.21 Å². The zero-order valence-electron chi connectivity index (χ0n) is 4.22. The third-order valence-corrected chi connectivity index (χ3v) is 0.895. The second-order valence-electron chi connectivity index (χ2n) is 0.979. The van der Waals surface area contributed by atoms with Gasteiger partial charge in [0.2, 0.25) is 0 Å². The van der Waals surface area contributed by atoms with E-state index in [4.69, 9.17) is 0 Å². The Kier molecular flexibility index (Phi) is 6.02. The number of hydrogen-bond acceptors (Lipinski definition) is 0. The van der Waals surface area contributed by atoms with E-state index in [1.54, 1.807) is 6.21 Å². The molecule has 0 rings (SSSR count). The minimum absolute atomic E-state index is 0.974. The predicted molar refractivity (Wildman–Crippen MR) is 26.3 cm³/mol. The Morgan fingerprint density at radius 3 is 3.00 bits per heavy atom. The van der Waals surface area contributed by atoms with Gasteiger partial charge in [-0.15, -0.1) is 0 Å². The van der Waals surface area contributed by atoms with Crippen LogP contribution in [0.3, 0.4) is 0 Å². The topological polar surface area (TPSA) is 14.1 Å². The quantitative estimate of drug-likeness (QED) is 0.395. The van der Waals surface area contributed by atoms with Crippen molar-refractivity contribution in [3.63, 3.8) is 0 Å². The van der Waals surface area contributed by atoms with Crippen molar-refractivity contribution in [3.8, 4) is 0 Å². The molecular weight excluding hydrogens is 258 g/mol. The number of hydrogen-bond donors (Lipinski definition) is 0. The standard InChI is InChI=1S/C5H7N.W/c1-2-3-4-5-6;/h4-5H,2H2,1H3;/q-2;+2. The molecule has 0 aromatic heterocycles. The van der Waals surface area contributed by atoms with Crippen LogP contribution >= 0.6 is 0 Å². The molecule has 0 amide bonds. The third-order valence-electron chi connectivity index (χ3n) is 0.457. The fourth-order valence-electron chi connectivity index (χ4n) is 0.201. The molecule has 0 atom stereocenters. The summed E-state index contributed by atoms with van der Waals surface area (Å²) in [5.41, 5.74) is 0. The summed E-state index contributed by atoms with van der Waals surface area (Å²) in [6.45, 7) is 2.05. The molecule has 0 aliphatic carbocycles. The molecule has 2 heteroatoms. The zero-order valence-corrected chi connectivity index (χ0v) is 7.15. The molecule has 0 N–H and O–H groups in total. The molecule has 0 fully saturated rings. The molecular formula is C5H7NW. The second-order valence-corrected chi connectivity index (χ2v) is 1.74. The average Bonchev–Trinajstić information content (AvgIpc) is 1.69. The van der Waals surface area contributed by atoms with Gasteiger partial charge in [-0.2, -0.15) is 0 Å². The summed E-state index contributed by atoms with van der Waals surface area (Å²) in [7, 11) is 0. The summed E-state index contributed by atoms with van der Waals surface area (Å²) >= 11 is 1.24. The first-order valence-corrected chi connectivity index (χ1v) is 3.44. The van der Waals surface area contributed by atoms with Crippen molar-refractivity contribution in [1.82, 2.24) is 3.17 Å². The van der Waals surface area contributed by atoms with E-state index < -0.39 is 0 Å². The zero-order chi connectivity index (χ0) is 5.54. The molecule has 38 valence electrons. The van der Waals surface area contributed by atoms with Crippen LogP contribution in [0.4, 0.5) is 0 Å². The Morgan fingerprint density at radius 1 is 1.86 bits per heavy atom. The van der Waals surface area contributed by atoms with Crippen LogP contribution < -0.4 is 3.17 Å². The molecule has 1 nitrogen and oxygen atoms in total. The maximum absolute atomic E-state index is 3.81. The summed E-state index contributed by atoms with van der Waals surface area (Å²) in [5.74, 6) is 0. The van der Waals surface area contributed by atoms with Crippen LogP contribution in [0.1, 0.15) is 13.3 Å². The van der Waals surface area contributed by atoms with Gasteiger partial charge in [0.1, 0.15) is 0 Å². The van der Waals surface area contributed by atoms with Crippen molar-refractivity contribution in [2.45, 2.75) is 13.3 Å². The van der Waals surface area contributed by atoms with Crippen molar-refractivity contribution in [2.24, 2.45) is 0 Å². The van der Waals surface area contributed by atoms with Crippen LogP contribution in [0.5, 0.6) is 0 Å². The molecule has 0 bridgehead atoms. The van der Waals surface area contributed by atoms with Gasteiger partial charge in [-0.25, -0.2) is 0 Å². The van der Waals surface area contributed by atoms with E-state index in [-0.39, 0.29) is 0 Å². The summed E-state index contributed by atoms with van der Waals surface area (Å²) < 4.78 is 3.81. The molecule has 0 spiro atoms. The Hall–Kier alpha value is 0.00831. The van der Waals surface area contributed by atoms with E-state index in [1.165, 1.54) is 19.6 Å². The molecule has 0 saturated heterocycles. The third kappa shape index (κ3) is 6.01. The molecule has 7 heavy (non-hydrogen) atoms. The molecule has 0 heterocycles. The van der Waals surface area contributed by atoms with Gasteiger partial charge in [0, 0.05) is 0 Å². The van der Waals surface area contributed by atoms with E-state index in [0.29, 0.717) is 0 Å². The van der Waals surface area contributed by atoms with Crippen LogP contribution in [0.25, 0.3) is 0 Å². The normalized spacial score (nSPS) is 8.71. The fourth-order valence-corrected chi connectivity index (χ4v) is 0.420. The minimum atomic E-state index is 0.974. The molecule has 0 aromatic rings. The number of nitrogens with zero attached hydrogens (tertiary/aromatic N) is 1. The predicted octanol–water partition coefficient (Wildman–Crippen LogP) is 0.624. The van der Waals surface area contributed by atoms with Crippen LogP contribution in [-0.4, -0.2) is 6.21 Å². The number of rotatable bonds is 2. The van der Waals surface area contributed by atoms with Gasteiger partial charge in [-0.05, 0) is 0 Å². The molecule has 0 unspecified atom stereocenters. The van der Waals surface area contributed by atoms with Gasteiger partial charge < -0.3 is 0 Å². The van der Waals surface area contributed by atoms with Gasteiger partial charge in [-0.1, -0.05) is 0 Å². The second kappa shape index (κ2) is 6.01. The van der Waals surface area contributed by atoms with E-state index in [0.717, 1.165) is 6.42 Å². The van der Waals surface area contributed by atoms with Crippen molar-refractivity contribution in [3.05, 3.63) is 12.2 Å². The van der Waals surface area contributed by atoms with Crippen molar-refractivity contribution in [1.29, 1.82) is 0 Å². The Morgan fingerprint density at radius 2 is 2.57 bits per heavy atom. The van der Waals surface area contributed by atoms with E-state index >= 15 is 0 Å². The first kappa shape index (κ1) is 7.01. The Bertz CT molecular complexity index is 101. The molecule has 0 radical (unpaired) electrons. The van der Waals surface area contributed by atoms with Gasteiger partial charge in [0.25, 0.3) is 0 Å². The molecule has 0 aliphatic heterocycles. The Balaban J connectivity index is 3.27. The molecule has 0 aliphatic rings. The summed E-state index contributed by atoms with van der Waals surface area (Å²) in [6, 6.07) is 0. The monoisotopic (exact) mass is 265 g/mol. The maximum atomic E-state index is 3.81. The van der Waals surface area contributed by atoms with Crippen LogP contribution in [0.15, 0.2) is 6.08 Å². The molecule has 0 aromatic carbocycles. The van der Waals surface area contributed by atoms with E-state index in [2.05, 4.69) is 9.25 Å². The first-order chi connectivity index (χ1) is 3.41. The van der Waals surface area contributed by atoms with E-state index in [9.17, 15) is 0 Å². The average molecular weight is 265 g/mol.